The van der Waals surface area contributed by atoms with Gasteiger partial charge >= 0.3 is 6.09 Å². The van der Waals surface area contributed by atoms with Crippen LogP contribution in [-0.4, -0.2) is 44.6 Å². The normalized spacial score (nSPS) is 10.9. The Balaban J connectivity index is 1.82. The molecule has 0 bridgehead atoms. The molecule has 0 saturated heterocycles. The Hall–Kier alpha value is -3.74. The average Bonchev–Trinajstić information content (AvgIpc) is 3.18. The molecule has 4 rings (SSSR count). The predicted molar refractivity (Wildman–Crippen MR) is 111 cm³/mol. The van der Waals surface area contributed by atoms with E-state index in [0.717, 1.165) is 34.4 Å². The molecule has 3 aromatic heterocycles. The van der Waals surface area contributed by atoms with E-state index in [2.05, 4.69) is 11.9 Å². The summed E-state index contributed by atoms with van der Waals surface area (Å²) in [6.45, 7) is 2.08. The molecule has 0 aliphatic rings. The molecule has 0 aliphatic heterocycles. The number of hydrogen-bond acceptors (Lipinski definition) is 5. The molecule has 7 nitrogen and oxygen atoms in total. The molecule has 0 atom stereocenters. The van der Waals surface area contributed by atoms with Crippen LogP contribution in [0.5, 0.6) is 5.75 Å². The molecule has 0 N–H and O–H groups in total. The van der Waals surface area contributed by atoms with Crippen LogP contribution in [0.15, 0.2) is 61.1 Å². The standard InChI is InChI=1S/C22H21N5O2/c1-4-19-18-10-12-27(16-8-5-9-17(13-16)29-22(28)26(2)3)21(18)25-20(24-19)15-7-6-11-23-14-15/h5-14H,4H2,1-3H3. The Morgan fingerprint density at radius 3 is 2.72 bits per heavy atom. The molecule has 0 radical (unpaired) electrons. The zero-order valence-electron chi connectivity index (χ0n) is 16.5. The van der Waals surface area contributed by atoms with Crippen molar-refractivity contribution in [1.82, 2.24) is 24.4 Å². The van der Waals surface area contributed by atoms with E-state index in [-0.39, 0.29) is 0 Å². The van der Waals surface area contributed by atoms with Crippen molar-refractivity contribution in [2.45, 2.75) is 13.3 Å². The Labute approximate surface area is 168 Å². The number of amides is 1. The van der Waals surface area contributed by atoms with Gasteiger partial charge in [0.2, 0.25) is 0 Å². The molecule has 0 unspecified atom stereocenters. The van der Waals surface area contributed by atoms with Crippen LogP contribution in [0.3, 0.4) is 0 Å². The van der Waals surface area contributed by atoms with E-state index in [0.29, 0.717) is 11.6 Å². The van der Waals surface area contributed by atoms with Gasteiger partial charge in [-0.15, -0.1) is 0 Å². The molecule has 4 aromatic rings. The zero-order chi connectivity index (χ0) is 20.4. The SMILES string of the molecule is CCc1nc(-c2cccnc2)nc2c1ccn2-c1cccc(OC(=O)N(C)C)c1. The highest BCUT2D eigenvalue weighted by molar-refractivity contribution is 5.82. The molecule has 7 heteroatoms. The molecule has 0 aliphatic carbocycles. The largest absolute Gasteiger partial charge is 0.414 e. The molecule has 1 amide bonds. The second-order valence-electron chi connectivity index (χ2n) is 6.77. The minimum Gasteiger partial charge on any atom is -0.410 e. The van der Waals surface area contributed by atoms with Crippen molar-refractivity contribution in [3.05, 3.63) is 66.7 Å². The number of hydrogen-bond donors (Lipinski definition) is 0. The number of aromatic nitrogens is 4. The number of carbonyl (C=O) groups is 1. The lowest BCUT2D eigenvalue weighted by Gasteiger charge is -2.12. The Bertz CT molecular complexity index is 1170. The van der Waals surface area contributed by atoms with Crippen LogP contribution in [0.2, 0.25) is 0 Å². The second kappa shape index (κ2) is 7.71. The molecular weight excluding hydrogens is 366 g/mol. The van der Waals surface area contributed by atoms with E-state index in [4.69, 9.17) is 14.7 Å². The lowest BCUT2D eigenvalue weighted by atomic mass is 10.2. The molecule has 146 valence electrons. The van der Waals surface area contributed by atoms with Gasteiger partial charge in [0.05, 0.1) is 11.4 Å². The average molecular weight is 387 g/mol. The van der Waals surface area contributed by atoms with Gasteiger partial charge < -0.3 is 14.2 Å². The Morgan fingerprint density at radius 2 is 2.00 bits per heavy atom. The van der Waals surface area contributed by atoms with Crippen molar-refractivity contribution in [1.29, 1.82) is 0 Å². The summed E-state index contributed by atoms with van der Waals surface area (Å²) >= 11 is 0. The molecular formula is C22H21N5O2. The van der Waals surface area contributed by atoms with Crippen LogP contribution in [-0.2, 0) is 6.42 Å². The highest BCUT2D eigenvalue weighted by Crippen LogP contribution is 2.26. The summed E-state index contributed by atoms with van der Waals surface area (Å²) in [7, 11) is 3.30. The van der Waals surface area contributed by atoms with Crippen LogP contribution in [0.4, 0.5) is 4.79 Å². The van der Waals surface area contributed by atoms with Gasteiger partial charge in [-0.05, 0) is 36.8 Å². The summed E-state index contributed by atoms with van der Waals surface area (Å²) in [5.41, 5.74) is 3.49. The fraction of sp³-hybridized carbons (Fsp3) is 0.182. The minimum atomic E-state index is -0.422. The molecule has 29 heavy (non-hydrogen) atoms. The monoisotopic (exact) mass is 387 g/mol. The summed E-state index contributed by atoms with van der Waals surface area (Å²) in [5, 5.41) is 0.996. The van der Waals surface area contributed by atoms with E-state index < -0.39 is 6.09 Å². The van der Waals surface area contributed by atoms with Crippen LogP contribution in [0.25, 0.3) is 28.1 Å². The van der Waals surface area contributed by atoms with E-state index >= 15 is 0 Å². The van der Waals surface area contributed by atoms with Crippen molar-refractivity contribution >= 4 is 17.1 Å². The summed E-state index contributed by atoms with van der Waals surface area (Å²) < 4.78 is 7.37. The minimum absolute atomic E-state index is 0.422. The molecule has 3 heterocycles. The topological polar surface area (TPSA) is 73.1 Å². The zero-order valence-corrected chi connectivity index (χ0v) is 16.5. The third kappa shape index (κ3) is 3.67. The van der Waals surface area contributed by atoms with Gasteiger partial charge in [0.15, 0.2) is 5.82 Å². The first-order valence-corrected chi connectivity index (χ1v) is 9.34. The molecule has 1 aromatic carbocycles. The third-order valence-corrected chi connectivity index (χ3v) is 4.54. The first-order chi connectivity index (χ1) is 14.1. The van der Waals surface area contributed by atoms with Crippen molar-refractivity contribution in [2.75, 3.05) is 14.1 Å². The number of fused-ring (bicyclic) bond motifs is 1. The van der Waals surface area contributed by atoms with E-state index in [9.17, 15) is 4.79 Å². The van der Waals surface area contributed by atoms with E-state index in [1.54, 1.807) is 32.6 Å². The van der Waals surface area contributed by atoms with Gasteiger partial charge in [-0.1, -0.05) is 13.0 Å². The molecule has 0 saturated carbocycles. The third-order valence-electron chi connectivity index (χ3n) is 4.54. The van der Waals surface area contributed by atoms with Crippen LogP contribution >= 0.6 is 0 Å². The number of rotatable bonds is 4. The van der Waals surface area contributed by atoms with E-state index in [1.165, 1.54) is 4.90 Å². The molecule has 0 fully saturated rings. The number of ether oxygens (including phenoxy) is 1. The summed E-state index contributed by atoms with van der Waals surface area (Å²) in [4.78, 5) is 27.0. The number of aryl methyl sites for hydroxylation is 1. The summed E-state index contributed by atoms with van der Waals surface area (Å²) in [5.74, 6) is 1.11. The van der Waals surface area contributed by atoms with Gasteiger partial charge in [0, 0.05) is 49.7 Å². The van der Waals surface area contributed by atoms with Gasteiger partial charge in [0.25, 0.3) is 0 Å². The van der Waals surface area contributed by atoms with Crippen LogP contribution < -0.4 is 4.74 Å². The van der Waals surface area contributed by atoms with Crippen molar-refractivity contribution < 1.29 is 9.53 Å². The maximum atomic E-state index is 11.9. The lowest BCUT2D eigenvalue weighted by molar-refractivity contribution is 0.172. The number of nitrogens with zero attached hydrogens (tertiary/aromatic N) is 5. The second-order valence-corrected chi connectivity index (χ2v) is 6.77. The maximum absolute atomic E-state index is 11.9. The quantitative estimate of drug-likeness (QED) is 0.527. The van der Waals surface area contributed by atoms with Crippen molar-refractivity contribution in [2.24, 2.45) is 0 Å². The summed E-state index contributed by atoms with van der Waals surface area (Å²) in [6, 6.07) is 13.2. The number of pyridine rings is 1. The van der Waals surface area contributed by atoms with Gasteiger partial charge in [0.1, 0.15) is 11.4 Å². The number of carbonyl (C=O) groups excluding carboxylic acids is 1. The fourth-order valence-corrected chi connectivity index (χ4v) is 3.07. The van der Waals surface area contributed by atoms with Crippen LogP contribution in [0, 0.1) is 0 Å². The first kappa shape index (κ1) is 18.6. The highest BCUT2D eigenvalue weighted by Gasteiger charge is 2.14. The molecule has 0 spiro atoms. The predicted octanol–water partition coefficient (Wildman–Crippen LogP) is 4.11. The highest BCUT2D eigenvalue weighted by atomic mass is 16.6. The van der Waals surface area contributed by atoms with Crippen molar-refractivity contribution in [3.8, 4) is 22.8 Å². The smallest absolute Gasteiger partial charge is 0.410 e. The Morgan fingerprint density at radius 1 is 1.14 bits per heavy atom. The van der Waals surface area contributed by atoms with Crippen molar-refractivity contribution in [3.63, 3.8) is 0 Å². The van der Waals surface area contributed by atoms with Gasteiger partial charge in [-0.25, -0.2) is 14.8 Å². The lowest BCUT2D eigenvalue weighted by Crippen LogP contribution is -2.25. The first-order valence-electron chi connectivity index (χ1n) is 9.34. The van der Waals surface area contributed by atoms with E-state index in [1.807, 2.05) is 47.2 Å². The van der Waals surface area contributed by atoms with Gasteiger partial charge in [-0.3, -0.25) is 4.98 Å². The maximum Gasteiger partial charge on any atom is 0.414 e. The van der Waals surface area contributed by atoms with Gasteiger partial charge in [-0.2, -0.15) is 0 Å². The van der Waals surface area contributed by atoms with Crippen LogP contribution in [0.1, 0.15) is 12.6 Å². The summed E-state index contributed by atoms with van der Waals surface area (Å²) in [6.07, 6.45) is 5.81. The number of benzene rings is 1. The fourth-order valence-electron chi connectivity index (χ4n) is 3.07. The Kier molecular flexibility index (Phi) is 4.95.